The molecule has 0 aromatic carbocycles. The lowest BCUT2D eigenvalue weighted by molar-refractivity contribution is -0.305. The molecule has 0 aromatic heterocycles. The van der Waals surface area contributed by atoms with E-state index in [-0.39, 0.29) is 19.4 Å². The molecule has 0 bridgehead atoms. The van der Waals surface area contributed by atoms with Gasteiger partial charge in [0.25, 0.3) is 0 Å². The number of amides is 1. The normalized spacial score (nSPS) is 18.7. The van der Waals surface area contributed by atoms with E-state index in [1.54, 1.807) is 6.08 Å². The average molecular weight is 1240 g/mol. The molecule has 1 saturated heterocycles. The van der Waals surface area contributed by atoms with E-state index in [0.717, 1.165) is 83.5 Å². The van der Waals surface area contributed by atoms with Crippen LogP contribution in [-0.4, -0.2) is 99.6 Å². The molecule has 1 rings (SSSR count). The van der Waals surface area contributed by atoms with Crippen LogP contribution in [0.2, 0.25) is 0 Å². The van der Waals surface area contributed by atoms with Gasteiger partial charge in [-0.1, -0.05) is 331 Å². The Morgan fingerprint density at radius 3 is 1.22 bits per heavy atom. The zero-order chi connectivity index (χ0) is 63.9. The fourth-order valence-electron chi connectivity index (χ4n) is 11.3. The lowest BCUT2D eigenvalue weighted by Crippen LogP contribution is -2.61. The van der Waals surface area contributed by atoms with Crippen LogP contribution in [0, 0.1) is 0 Å². The maximum atomic E-state index is 13.5. The summed E-state index contributed by atoms with van der Waals surface area (Å²) in [6.45, 7) is 5.69. The lowest BCUT2D eigenvalue weighted by atomic mass is 9.99. The minimum Gasteiger partial charge on any atom is -0.454 e. The number of esters is 1. The van der Waals surface area contributed by atoms with Gasteiger partial charge in [-0.05, 0) is 77.0 Å². The minimum absolute atomic E-state index is 0.119. The molecule has 1 heterocycles. The van der Waals surface area contributed by atoms with E-state index in [0.29, 0.717) is 19.3 Å². The molecule has 0 spiro atoms. The summed E-state index contributed by atoms with van der Waals surface area (Å²) in [6, 6.07) is -1.05. The number of hydrogen-bond donors (Lipinski definition) is 6. The van der Waals surface area contributed by atoms with Crippen LogP contribution in [0.25, 0.3) is 0 Å². The van der Waals surface area contributed by atoms with Crippen LogP contribution in [0.5, 0.6) is 0 Å². The monoisotopic (exact) mass is 1240 g/mol. The molecule has 6 N–H and O–H groups in total. The number of ether oxygens (including phenoxy) is 3. The largest absolute Gasteiger partial charge is 0.454 e. The van der Waals surface area contributed by atoms with E-state index < -0.39 is 67.4 Å². The van der Waals surface area contributed by atoms with Gasteiger partial charge >= 0.3 is 5.97 Å². The Kier molecular flexibility index (Phi) is 60.2. The van der Waals surface area contributed by atoms with Crippen LogP contribution in [0.3, 0.4) is 0 Å². The van der Waals surface area contributed by atoms with Gasteiger partial charge < -0.3 is 45.1 Å². The van der Waals surface area contributed by atoms with Crippen LogP contribution in [0.4, 0.5) is 0 Å². The molecule has 8 unspecified atom stereocenters. The number of carbonyl (C=O) groups excluding carboxylic acids is 2. The van der Waals surface area contributed by atoms with Crippen molar-refractivity contribution in [1.82, 2.24) is 5.32 Å². The smallest absolute Gasteiger partial charge is 0.306 e. The molecular formula is C77H137NO10. The number of rotatable bonds is 63. The van der Waals surface area contributed by atoms with E-state index in [2.05, 4.69) is 92.9 Å². The third-order valence-electron chi connectivity index (χ3n) is 17.1. The molecule has 1 fully saturated rings. The standard InChI is InChI=1S/C77H137NO10/c1-4-7-10-13-16-19-22-25-27-29-31-33-34-35-36-37-38-39-41-43-45-47-50-53-56-59-62-65-72(82)88-75-74(84)73(83)71(66-79)87-77(75)86-67-68(69(80)63-60-57-54-51-48-24-21-18-15-12-9-6-3)78-76(85)70(81)64-61-58-55-52-49-46-44-42-40-32-30-28-26-23-20-17-14-11-8-5-2/h8,11,17,20,26,28,32,40,44,46,52,55,60,63,68-71,73-75,77,79-81,83-84H,4-7,9-10,12-16,18-19,21-25,27,29-31,33-39,41-43,45,47-51,53-54,56-59,61-62,64-67H2,1-3H3,(H,78,85)/b11-8-,20-17-,28-26-,40-32-,46-44-,55-52-,63-60+. The van der Waals surface area contributed by atoms with Crippen LogP contribution in [0.15, 0.2) is 85.1 Å². The van der Waals surface area contributed by atoms with Crippen molar-refractivity contribution in [3.8, 4) is 0 Å². The van der Waals surface area contributed by atoms with E-state index in [9.17, 15) is 35.1 Å². The summed E-state index contributed by atoms with van der Waals surface area (Å²) in [6.07, 6.45) is 75.0. The number of carbonyl (C=O) groups is 2. The molecule has 0 aliphatic carbocycles. The third-order valence-corrected chi connectivity index (χ3v) is 17.1. The molecule has 11 heteroatoms. The number of unbranched alkanes of at least 4 members (excludes halogenated alkanes) is 37. The highest BCUT2D eigenvalue weighted by molar-refractivity contribution is 5.80. The van der Waals surface area contributed by atoms with Crippen molar-refractivity contribution in [2.45, 2.75) is 378 Å². The van der Waals surface area contributed by atoms with Crippen molar-refractivity contribution in [2.24, 2.45) is 0 Å². The average Bonchev–Trinajstić information content (AvgIpc) is 2.78. The fourth-order valence-corrected chi connectivity index (χ4v) is 11.3. The quantitative estimate of drug-likeness (QED) is 0.0195. The maximum Gasteiger partial charge on any atom is 0.306 e. The van der Waals surface area contributed by atoms with E-state index in [1.165, 1.54) is 193 Å². The Hall–Kier alpha value is -3.16. The molecule has 1 aliphatic rings. The van der Waals surface area contributed by atoms with E-state index in [4.69, 9.17) is 14.2 Å². The van der Waals surface area contributed by atoms with Crippen LogP contribution < -0.4 is 5.32 Å². The summed E-state index contributed by atoms with van der Waals surface area (Å²) in [5.74, 6) is -1.23. The van der Waals surface area contributed by atoms with Gasteiger partial charge in [-0.3, -0.25) is 9.59 Å². The Bertz CT molecular complexity index is 1760. The molecule has 0 aromatic rings. The van der Waals surface area contributed by atoms with Crippen molar-refractivity contribution in [3.05, 3.63) is 85.1 Å². The Balaban J connectivity index is 2.56. The summed E-state index contributed by atoms with van der Waals surface area (Å²) in [4.78, 5) is 26.7. The van der Waals surface area contributed by atoms with Gasteiger partial charge in [0.15, 0.2) is 12.4 Å². The first-order chi connectivity index (χ1) is 43.2. The zero-order valence-electron chi connectivity index (χ0n) is 56.8. The van der Waals surface area contributed by atoms with Crippen LogP contribution in [-0.2, 0) is 23.8 Å². The number of allylic oxidation sites excluding steroid dienone is 13. The van der Waals surface area contributed by atoms with Crippen LogP contribution in [0.1, 0.15) is 329 Å². The van der Waals surface area contributed by atoms with Crippen LogP contribution >= 0.6 is 0 Å². The van der Waals surface area contributed by atoms with E-state index in [1.807, 2.05) is 12.2 Å². The Labute approximate surface area is 540 Å². The first kappa shape index (κ1) is 82.9. The molecular weight excluding hydrogens is 1100 g/mol. The predicted molar refractivity (Wildman–Crippen MR) is 370 cm³/mol. The molecule has 11 nitrogen and oxygen atoms in total. The molecule has 1 aliphatic heterocycles. The molecule has 1 amide bonds. The van der Waals surface area contributed by atoms with Crippen molar-refractivity contribution < 1.29 is 49.3 Å². The summed E-state index contributed by atoms with van der Waals surface area (Å²) >= 11 is 0. The van der Waals surface area contributed by atoms with Gasteiger partial charge in [0.05, 0.1) is 25.4 Å². The molecule has 0 saturated carbocycles. The minimum atomic E-state index is -1.62. The summed E-state index contributed by atoms with van der Waals surface area (Å²) in [5, 5.41) is 57.2. The van der Waals surface area contributed by atoms with Gasteiger partial charge in [0.2, 0.25) is 5.91 Å². The van der Waals surface area contributed by atoms with Crippen molar-refractivity contribution in [1.29, 1.82) is 0 Å². The fraction of sp³-hybridized carbons (Fsp3) is 0.792. The number of aliphatic hydroxyl groups is 5. The molecule has 510 valence electrons. The zero-order valence-corrected chi connectivity index (χ0v) is 56.8. The SMILES string of the molecule is CC/C=C\C/C=C\C/C=C\C/C=C\C/C=C\C/C=C\CCCC(O)C(=O)NC(COC1OC(CO)C(O)C(O)C1OC(=O)CCCCCCCCCCCCCCCCCCCCCCCCCCCCC)C(O)/C=C/CCCCCCCCCCCC. The van der Waals surface area contributed by atoms with Gasteiger partial charge in [0, 0.05) is 6.42 Å². The Morgan fingerprint density at radius 2 is 0.818 bits per heavy atom. The van der Waals surface area contributed by atoms with Gasteiger partial charge in [-0.15, -0.1) is 0 Å². The first-order valence-electron chi connectivity index (χ1n) is 36.9. The number of aliphatic hydroxyl groups excluding tert-OH is 5. The lowest BCUT2D eigenvalue weighted by Gasteiger charge is -2.41. The van der Waals surface area contributed by atoms with Gasteiger partial charge in [-0.2, -0.15) is 0 Å². The predicted octanol–water partition coefficient (Wildman–Crippen LogP) is 19.2. The van der Waals surface area contributed by atoms with Crippen molar-refractivity contribution >= 4 is 11.9 Å². The first-order valence-corrected chi connectivity index (χ1v) is 36.9. The highest BCUT2D eigenvalue weighted by Crippen LogP contribution is 2.26. The van der Waals surface area contributed by atoms with Crippen molar-refractivity contribution in [3.63, 3.8) is 0 Å². The second-order valence-corrected chi connectivity index (χ2v) is 25.3. The molecule has 0 radical (unpaired) electrons. The second kappa shape index (κ2) is 64.0. The molecule has 8 atom stereocenters. The number of nitrogens with one attached hydrogen (secondary N) is 1. The summed E-state index contributed by atoms with van der Waals surface area (Å²) < 4.78 is 17.7. The van der Waals surface area contributed by atoms with Gasteiger partial charge in [-0.25, -0.2) is 0 Å². The van der Waals surface area contributed by atoms with Crippen molar-refractivity contribution in [2.75, 3.05) is 13.2 Å². The molecule has 88 heavy (non-hydrogen) atoms. The maximum absolute atomic E-state index is 13.5. The van der Waals surface area contributed by atoms with E-state index >= 15 is 0 Å². The number of hydrogen-bond acceptors (Lipinski definition) is 10. The third kappa shape index (κ3) is 50.5. The Morgan fingerprint density at radius 1 is 0.455 bits per heavy atom. The summed E-state index contributed by atoms with van der Waals surface area (Å²) in [5.41, 5.74) is 0. The van der Waals surface area contributed by atoms with Gasteiger partial charge in [0.1, 0.15) is 24.4 Å². The second-order valence-electron chi connectivity index (χ2n) is 25.3. The topological polar surface area (TPSA) is 175 Å². The highest BCUT2D eigenvalue weighted by Gasteiger charge is 2.47. The summed E-state index contributed by atoms with van der Waals surface area (Å²) in [7, 11) is 0. The highest BCUT2D eigenvalue weighted by atomic mass is 16.7.